The molecule has 2 unspecified atom stereocenters. The molecule has 216 valence electrons. The van der Waals surface area contributed by atoms with Gasteiger partial charge in [-0.2, -0.15) is 13.2 Å². The van der Waals surface area contributed by atoms with E-state index in [4.69, 9.17) is 21.1 Å². The summed E-state index contributed by atoms with van der Waals surface area (Å²) in [5.41, 5.74) is -0.566. The summed E-state index contributed by atoms with van der Waals surface area (Å²) < 4.78 is 51.6. The highest BCUT2D eigenvalue weighted by Gasteiger charge is 2.32. The first-order valence-corrected chi connectivity index (χ1v) is 14.2. The Bertz CT molecular complexity index is 1430. The first-order valence-electron chi connectivity index (χ1n) is 12.8. The van der Waals surface area contributed by atoms with E-state index in [1.807, 2.05) is 4.90 Å². The molecule has 1 aliphatic heterocycles. The molecule has 0 radical (unpaired) electrons. The molecule has 2 heterocycles. The van der Waals surface area contributed by atoms with Crippen molar-refractivity contribution in [1.82, 2.24) is 9.88 Å². The van der Waals surface area contributed by atoms with Crippen LogP contribution in [0.25, 0.3) is 22.0 Å². The Labute approximate surface area is 238 Å². The number of piperidine rings is 1. The fourth-order valence-corrected chi connectivity index (χ4v) is 6.12. The van der Waals surface area contributed by atoms with Crippen LogP contribution in [0, 0.1) is 5.92 Å². The molecule has 0 saturated carbocycles. The number of methoxy groups -OCH3 is 1. The van der Waals surface area contributed by atoms with Gasteiger partial charge in [0, 0.05) is 45.9 Å². The van der Waals surface area contributed by atoms with Gasteiger partial charge in [0.2, 0.25) is 0 Å². The van der Waals surface area contributed by atoms with E-state index < -0.39 is 23.4 Å². The van der Waals surface area contributed by atoms with Crippen molar-refractivity contribution in [2.75, 3.05) is 39.1 Å². The van der Waals surface area contributed by atoms with Crippen molar-refractivity contribution in [2.45, 2.75) is 36.9 Å². The average Bonchev–Trinajstić information content (AvgIpc) is 2.91. The number of aromatic amines is 1. The van der Waals surface area contributed by atoms with E-state index in [2.05, 4.69) is 4.98 Å². The zero-order valence-electron chi connectivity index (χ0n) is 22.0. The van der Waals surface area contributed by atoms with Gasteiger partial charge in [0.25, 0.3) is 5.56 Å². The van der Waals surface area contributed by atoms with E-state index in [1.165, 1.54) is 13.2 Å². The number of rotatable bonds is 9. The van der Waals surface area contributed by atoms with Gasteiger partial charge in [0.1, 0.15) is 5.75 Å². The maximum absolute atomic E-state index is 13.6. The summed E-state index contributed by atoms with van der Waals surface area (Å²) in [6.45, 7) is 3.49. The lowest BCUT2D eigenvalue weighted by Gasteiger charge is -2.32. The lowest BCUT2D eigenvalue weighted by molar-refractivity contribution is -0.150. The molecular formula is C28H30ClF3N2O5S. The molecule has 1 fully saturated rings. The summed E-state index contributed by atoms with van der Waals surface area (Å²) in [4.78, 5) is 30.2. The number of ether oxygens (including phenoxy) is 2. The van der Waals surface area contributed by atoms with Crippen molar-refractivity contribution < 1.29 is 32.5 Å². The van der Waals surface area contributed by atoms with Gasteiger partial charge in [-0.15, -0.1) is 11.8 Å². The number of benzene rings is 2. The van der Waals surface area contributed by atoms with Crippen LogP contribution in [0.5, 0.6) is 5.75 Å². The highest BCUT2D eigenvalue weighted by Crippen LogP contribution is 2.42. The molecular weight excluding hydrogens is 569 g/mol. The topological polar surface area (TPSA) is 91.9 Å². The summed E-state index contributed by atoms with van der Waals surface area (Å²) in [6, 6.07) is 7.83. The van der Waals surface area contributed by atoms with E-state index in [-0.39, 0.29) is 45.5 Å². The van der Waals surface area contributed by atoms with Gasteiger partial charge in [-0.05, 0) is 62.7 Å². The van der Waals surface area contributed by atoms with E-state index in [0.717, 1.165) is 36.7 Å². The predicted molar refractivity (Wildman–Crippen MR) is 149 cm³/mol. The van der Waals surface area contributed by atoms with Crippen LogP contribution in [-0.2, 0) is 15.7 Å². The number of aliphatic hydroxyl groups excluding tert-OH is 1. The fraction of sp³-hybridized carbons (Fsp3) is 0.429. The summed E-state index contributed by atoms with van der Waals surface area (Å²) in [7, 11) is 1.42. The monoisotopic (exact) mass is 598 g/mol. The molecule has 0 spiro atoms. The van der Waals surface area contributed by atoms with E-state index >= 15 is 0 Å². The number of carbonyl (C=O) groups is 1. The van der Waals surface area contributed by atoms with Crippen LogP contribution in [0.15, 0.2) is 46.1 Å². The van der Waals surface area contributed by atoms with E-state index in [9.17, 15) is 27.9 Å². The van der Waals surface area contributed by atoms with Gasteiger partial charge in [0.15, 0.2) is 0 Å². The number of hydrogen-bond acceptors (Lipinski definition) is 7. The molecule has 7 nitrogen and oxygen atoms in total. The van der Waals surface area contributed by atoms with Gasteiger partial charge in [-0.3, -0.25) is 14.5 Å². The largest absolute Gasteiger partial charge is 0.496 e. The number of pyridine rings is 1. The number of aromatic nitrogens is 1. The van der Waals surface area contributed by atoms with Crippen LogP contribution in [-0.4, -0.2) is 66.2 Å². The number of aliphatic hydroxyl groups is 1. The number of hydrogen-bond donors (Lipinski definition) is 2. The van der Waals surface area contributed by atoms with E-state index in [1.54, 1.807) is 25.1 Å². The Hall–Kier alpha value is -2.73. The third-order valence-electron chi connectivity index (χ3n) is 6.74. The normalized spacial score (nSPS) is 17.1. The lowest BCUT2D eigenvalue weighted by Crippen LogP contribution is -2.43. The maximum atomic E-state index is 13.6. The molecule has 0 aliphatic carbocycles. The summed E-state index contributed by atoms with van der Waals surface area (Å²) >= 11 is 7.30. The Morgan fingerprint density at radius 1 is 1.27 bits per heavy atom. The lowest BCUT2D eigenvalue weighted by atomic mass is 9.98. The third kappa shape index (κ3) is 6.94. The van der Waals surface area contributed by atoms with Crippen LogP contribution in [0.4, 0.5) is 13.2 Å². The molecule has 2 atom stereocenters. The van der Waals surface area contributed by atoms with Gasteiger partial charge in [-0.25, -0.2) is 0 Å². The molecule has 0 amide bonds. The Kier molecular flexibility index (Phi) is 9.71. The number of nitrogens with one attached hydrogen (secondary N) is 1. The van der Waals surface area contributed by atoms with Crippen molar-refractivity contribution in [2.24, 2.45) is 5.92 Å². The zero-order valence-corrected chi connectivity index (χ0v) is 23.6. The number of halogens is 4. The van der Waals surface area contributed by atoms with Gasteiger partial charge in [0.05, 0.1) is 36.2 Å². The first kappa shape index (κ1) is 30.2. The second-order valence-corrected chi connectivity index (χ2v) is 11.0. The van der Waals surface area contributed by atoms with Crippen molar-refractivity contribution in [3.63, 3.8) is 0 Å². The van der Waals surface area contributed by atoms with Crippen molar-refractivity contribution >= 4 is 40.2 Å². The quantitative estimate of drug-likeness (QED) is 0.245. The van der Waals surface area contributed by atoms with Crippen LogP contribution >= 0.6 is 23.4 Å². The number of H-pyrrole nitrogens is 1. The Balaban J connectivity index is 1.68. The number of likely N-dealkylation sites (tertiary alicyclic amines) is 1. The summed E-state index contributed by atoms with van der Waals surface area (Å²) in [5.74, 6) is -0.0996. The van der Waals surface area contributed by atoms with Gasteiger partial charge < -0.3 is 19.6 Å². The predicted octanol–water partition coefficient (Wildman–Crippen LogP) is 5.60. The van der Waals surface area contributed by atoms with Crippen LogP contribution < -0.4 is 10.3 Å². The Morgan fingerprint density at radius 3 is 2.75 bits per heavy atom. The van der Waals surface area contributed by atoms with Gasteiger partial charge >= 0.3 is 12.1 Å². The number of nitrogens with zero attached hydrogens (tertiary/aromatic N) is 1. The van der Waals surface area contributed by atoms with Crippen molar-refractivity contribution in [3.05, 3.63) is 57.3 Å². The summed E-state index contributed by atoms with van der Waals surface area (Å²) in [5, 5.41) is 11.3. The second-order valence-electron chi connectivity index (χ2n) is 9.58. The number of fused-ring (bicyclic) bond motifs is 1. The summed E-state index contributed by atoms with van der Waals surface area (Å²) in [6.07, 6.45) is -3.97. The average molecular weight is 599 g/mol. The zero-order chi connectivity index (χ0) is 29.0. The molecule has 1 aromatic heterocycles. The van der Waals surface area contributed by atoms with E-state index in [0.29, 0.717) is 36.0 Å². The molecule has 2 aromatic carbocycles. The molecule has 1 saturated heterocycles. The Morgan fingerprint density at radius 2 is 2.05 bits per heavy atom. The third-order valence-corrected chi connectivity index (χ3v) is 8.21. The fourth-order valence-electron chi connectivity index (χ4n) is 4.94. The minimum absolute atomic E-state index is 0.0873. The molecule has 2 N–H and O–H groups in total. The van der Waals surface area contributed by atoms with Crippen molar-refractivity contribution in [3.8, 4) is 16.9 Å². The number of carbonyl (C=O) groups excluding carboxylic acids is 1. The van der Waals surface area contributed by atoms with Crippen LogP contribution in [0.1, 0.15) is 25.3 Å². The molecule has 3 aromatic rings. The number of esters is 1. The van der Waals surface area contributed by atoms with Crippen molar-refractivity contribution in [1.29, 1.82) is 0 Å². The van der Waals surface area contributed by atoms with Crippen LogP contribution in [0.2, 0.25) is 5.02 Å². The first-order chi connectivity index (χ1) is 19.0. The SMILES string of the molecule is CCOC(=O)C1CCCN(CC(O)CSc2c(-c3cc(Cl)ccc3OC)c3cc(C(F)(F)F)ccc3[nH]c2=O)C1. The standard InChI is InChI=1S/C28H30ClF3N2O5S/c1-3-39-27(37)16-5-4-10-34(13-16)14-19(35)15-40-25-24(21-12-18(29)7-9-23(21)38-2)20-11-17(28(30,31)32)6-8-22(20)33-26(25)36/h6-9,11-12,16,19,35H,3-5,10,13-15H2,1-2H3,(H,33,36). The molecule has 4 rings (SSSR count). The minimum Gasteiger partial charge on any atom is -0.496 e. The van der Waals surface area contributed by atoms with Crippen LogP contribution in [0.3, 0.4) is 0 Å². The number of alkyl halides is 3. The molecule has 40 heavy (non-hydrogen) atoms. The maximum Gasteiger partial charge on any atom is 0.416 e. The molecule has 12 heteroatoms. The highest BCUT2D eigenvalue weighted by molar-refractivity contribution is 7.99. The second kappa shape index (κ2) is 12.8. The number of thioether (sulfide) groups is 1. The smallest absolute Gasteiger partial charge is 0.416 e. The highest BCUT2D eigenvalue weighted by atomic mass is 35.5. The molecule has 0 bridgehead atoms. The van der Waals surface area contributed by atoms with Gasteiger partial charge in [-0.1, -0.05) is 11.6 Å². The molecule has 1 aliphatic rings. The minimum atomic E-state index is -4.60. The number of β-amino-alcohol motifs (C(OH)–C–C–N with tert-alkyl or cyclic N) is 1.